The highest BCUT2D eigenvalue weighted by Gasteiger charge is 2.13. The van der Waals surface area contributed by atoms with E-state index in [1.165, 1.54) is 0 Å². The van der Waals surface area contributed by atoms with Crippen LogP contribution in [0.1, 0.15) is 21.5 Å². The van der Waals surface area contributed by atoms with Gasteiger partial charge >= 0.3 is 0 Å². The van der Waals surface area contributed by atoms with Gasteiger partial charge in [0.25, 0.3) is 5.91 Å². The third kappa shape index (κ3) is 3.81. The maximum absolute atomic E-state index is 12.1. The van der Waals surface area contributed by atoms with E-state index in [2.05, 4.69) is 5.32 Å². The molecular formula is C18H19NO4. The summed E-state index contributed by atoms with van der Waals surface area (Å²) in [7, 11) is 1.65. The molecule has 0 atom stereocenters. The van der Waals surface area contributed by atoms with Crippen LogP contribution >= 0.6 is 0 Å². The number of hydrogen-bond acceptors (Lipinski definition) is 4. The van der Waals surface area contributed by atoms with Crippen molar-refractivity contribution in [3.8, 4) is 11.5 Å². The van der Waals surface area contributed by atoms with E-state index in [0.717, 1.165) is 29.0 Å². The molecule has 1 amide bonds. The van der Waals surface area contributed by atoms with Crippen molar-refractivity contribution in [1.29, 1.82) is 0 Å². The number of hydrogen-bond donors (Lipinski definition) is 1. The number of fused-ring (bicyclic) bond motifs is 1. The molecule has 1 aliphatic heterocycles. The van der Waals surface area contributed by atoms with Gasteiger partial charge in [0, 0.05) is 19.2 Å². The number of methoxy groups -OCH3 is 1. The van der Waals surface area contributed by atoms with Gasteiger partial charge in [0.1, 0.15) is 0 Å². The van der Waals surface area contributed by atoms with E-state index in [4.69, 9.17) is 14.2 Å². The number of carbonyl (C=O) groups is 1. The molecule has 1 heterocycles. The smallest absolute Gasteiger partial charge is 0.251 e. The van der Waals surface area contributed by atoms with Crippen molar-refractivity contribution in [2.24, 2.45) is 0 Å². The first-order chi connectivity index (χ1) is 11.3. The summed E-state index contributed by atoms with van der Waals surface area (Å²) in [5.74, 6) is 1.46. The van der Waals surface area contributed by atoms with Crippen molar-refractivity contribution >= 4 is 5.91 Å². The minimum Gasteiger partial charge on any atom is -0.454 e. The summed E-state index contributed by atoms with van der Waals surface area (Å²) >= 11 is 0. The maximum atomic E-state index is 12.1. The van der Waals surface area contributed by atoms with E-state index >= 15 is 0 Å². The summed E-state index contributed by atoms with van der Waals surface area (Å²) < 4.78 is 15.7. The number of ether oxygens (including phenoxy) is 3. The van der Waals surface area contributed by atoms with Gasteiger partial charge in [-0.1, -0.05) is 18.2 Å². The van der Waals surface area contributed by atoms with Crippen LogP contribution in [0, 0.1) is 0 Å². The predicted molar refractivity (Wildman–Crippen MR) is 85.8 cm³/mol. The van der Waals surface area contributed by atoms with Crippen LogP contribution in [0.4, 0.5) is 0 Å². The molecule has 1 N–H and O–H groups in total. The molecule has 0 unspecified atom stereocenters. The highest BCUT2D eigenvalue weighted by Crippen LogP contribution is 2.32. The van der Waals surface area contributed by atoms with Gasteiger partial charge in [-0.25, -0.2) is 0 Å². The zero-order valence-corrected chi connectivity index (χ0v) is 13.0. The van der Waals surface area contributed by atoms with E-state index < -0.39 is 0 Å². The summed E-state index contributed by atoms with van der Waals surface area (Å²) in [6.07, 6.45) is 0.740. The fourth-order valence-corrected chi connectivity index (χ4v) is 2.44. The van der Waals surface area contributed by atoms with Crippen molar-refractivity contribution in [3.63, 3.8) is 0 Å². The molecule has 0 fully saturated rings. The van der Waals surface area contributed by atoms with E-state index in [-0.39, 0.29) is 12.7 Å². The Kier molecular flexibility index (Phi) is 4.78. The molecule has 2 aromatic carbocycles. The summed E-state index contributed by atoms with van der Waals surface area (Å²) in [5.41, 5.74) is 2.80. The van der Waals surface area contributed by atoms with Gasteiger partial charge in [-0.15, -0.1) is 0 Å². The molecule has 2 aromatic rings. The average molecular weight is 313 g/mol. The number of nitrogens with one attached hydrogen (secondary N) is 1. The van der Waals surface area contributed by atoms with Gasteiger partial charge in [-0.05, 0) is 41.8 Å². The molecule has 1 aliphatic rings. The van der Waals surface area contributed by atoms with Gasteiger partial charge in [-0.2, -0.15) is 0 Å². The second-order valence-corrected chi connectivity index (χ2v) is 5.32. The van der Waals surface area contributed by atoms with Crippen LogP contribution in [-0.4, -0.2) is 26.4 Å². The standard InChI is InChI=1S/C18H19NO4/c1-21-11-14-2-5-15(6-3-14)18(20)19-9-8-13-4-7-16-17(10-13)23-12-22-16/h2-7,10H,8-9,11-12H2,1H3,(H,19,20). The van der Waals surface area contributed by atoms with Crippen molar-refractivity contribution < 1.29 is 19.0 Å². The lowest BCUT2D eigenvalue weighted by Crippen LogP contribution is -2.25. The van der Waals surface area contributed by atoms with E-state index in [9.17, 15) is 4.79 Å². The SMILES string of the molecule is COCc1ccc(C(=O)NCCc2ccc3c(c2)OCO3)cc1. The largest absolute Gasteiger partial charge is 0.454 e. The lowest BCUT2D eigenvalue weighted by Gasteiger charge is -2.07. The second kappa shape index (κ2) is 7.15. The quantitative estimate of drug-likeness (QED) is 0.890. The summed E-state index contributed by atoms with van der Waals surface area (Å²) in [6, 6.07) is 13.3. The van der Waals surface area contributed by atoms with Crippen LogP contribution in [-0.2, 0) is 17.8 Å². The van der Waals surface area contributed by atoms with Crippen molar-refractivity contribution in [2.45, 2.75) is 13.0 Å². The Morgan fingerprint density at radius 1 is 1.09 bits per heavy atom. The van der Waals surface area contributed by atoms with E-state index in [1.807, 2.05) is 42.5 Å². The van der Waals surface area contributed by atoms with Crippen LogP contribution in [0.15, 0.2) is 42.5 Å². The Bertz CT molecular complexity index is 682. The minimum absolute atomic E-state index is 0.0743. The molecule has 0 bridgehead atoms. The molecule has 3 rings (SSSR count). The Morgan fingerprint density at radius 2 is 1.83 bits per heavy atom. The van der Waals surface area contributed by atoms with E-state index in [1.54, 1.807) is 7.11 Å². The van der Waals surface area contributed by atoms with Crippen LogP contribution < -0.4 is 14.8 Å². The molecular weight excluding hydrogens is 294 g/mol. The molecule has 5 heteroatoms. The first-order valence-corrected chi connectivity index (χ1v) is 7.51. The average Bonchev–Trinajstić information content (AvgIpc) is 3.03. The maximum Gasteiger partial charge on any atom is 0.251 e. The predicted octanol–water partition coefficient (Wildman–Crippen LogP) is 2.53. The first-order valence-electron chi connectivity index (χ1n) is 7.51. The van der Waals surface area contributed by atoms with Crippen molar-refractivity contribution in [1.82, 2.24) is 5.32 Å². The minimum atomic E-state index is -0.0743. The van der Waals surface area contributed by atoms with Crippen molar-refractivity contribution in [2.75, 3.05) is 20.4 Å². The molecule has 120 valence electrons. The Hall–Kier alpha value is -2.53. The van der Waals surface area contributed by atoms with Gasteiger partial charge in [0.05, 0.1) is 6.61 Å². The number of benzene rings is 2. The molecule has 0 saturated heterocycles. The highest BCUT2D eigenvalue weighted by molar-refractivity contribution is 5.94. The fraction of sp³-hybridized carbons (Fsp3) is 0.278. The topological polar surface area (TPSA) is 56.8 Å². The molecule has 0 spiro atoms. The van der Waals surface area contributed by atoms with E-state index in [0.29, 0.717) is 18.7 Å². The van der Waals surface area contributed by atoms with Gasteiger partial charge in [0.15, 0.2) is 11.5 Å². The van der Waals surface area contributed by atoms with Crippen LogP contribution in [0.3, 0.4) is 0 Å². The molecule has 0 saturated carbocycles. The number of amides is 1. The molecule has 0 aromatic heterocycles. The molecule has 5 nitrogen and oxygen atoms in total. The van der Waals surface area contributed by atoms with Gasteiger partial charge < -0.3 is 19.5 Å². The van der Waals surface area contributed by atoms with Gasteiger partial charge in [-0.3, -0.25) is 4.79 Å². The zero-order chi connectivity index (χ0) is 16.1. The normalized spacial score (nSPS) is 12.2. The molecule has 0 radical (unpaired) electrons. The number of rotatable bonds is 6. The summed E-state index contributed by atoms with van der Waals surface area (Å²) in [5, 5.41) is 2.92. The lowest BCUT2D eigenvalue weighted by molar-refractivity contribution is 0.0954. The van der Waals surface area contributed by atoms with Crippen LogP contribution in [0.5, 0.6) is 11.5 Å². The first kappa shape index (κ1) is 15.4. The van der Waals surface area contributed by atoms with Crippen LogP contribution in [0.2, 0.25) is 0 Å². The fourth-order valence-electron chi connectivity index (χ4n) is 2.44. The Balaban J connectivity index is 1.51. The summed E-state index contributed by atoms with van der Waals surface area (Å²) in [4.78, 5) is 12.1. The third-order valence-corrected chi connectivity index (χ3v) is 3.66. The van der Waals surface area contributed by atoms with Crippen molar-refractivity contribution in [3.05, 3.63) is 59.2 Å². The Morgan fingerprint density at radius 3 is 2.61 bits per heavy atom. The van der Waals surface area contributed by atoms with Crippen LogP contribution in [0.25, 0.3) is 0 Å². The monoisotopic (exact) mass is 313 g/mol. The Labute approximate surface area is 135 Å². The third-order valence-electron chi connectivity index (χ3n) is 3.66. The second-order valence-electron chi connectivity index (χ2n) is 5.32. The summed E-state index contributed by atoms with van der Waals surface area (Å²) in [6.45, 7) is 1.39. The number of carbonyl (C=O) groups excluding carboxylic acids is 1. The molecule has 0 aliphatic carbocycles. The zero-order valence-electron chi connectivity index (χ0n) is 13.0. The lowest BCUT2D eigenvalue weighted by atomic mass is 10.1. The molecule has 23 heavy (non-hydrogen) atoms. The highest BCUT2D eigenvalue weighted by atomic mass is 16.7. The van der Waals surface area contributed by atoms with Gasteiger partial charge in [0.2, 0.25) is 6.79 Å².